The Bertz CT molecular complexity index is 520. The molecule has 8 nitrogen and oxygen atoms in total. The zero-order valence-electron chi connectivity index (χ0n) is 10.0. The molecule has 104 valence electrons. The Hall–Kier alpha value is -2.22. The number of halogens is 1. The van der Waals surface area contributed by atoms with Crippen molar-refractivity contribution in [2.24, 2.45) is 0 Å². The summed E-state index contributed by atoms with van der Waals surface area (Å²) in [6.45, 7) is -0.103. The molecule has 4 N–H and O–H groups in total. The smallest absolute Gasteiger partial charge is 0.347 e. The fraction of sp³-hybridized carbons (Fsp3) is 0.300. The van der Waals surface area contributed by atoms with Crippen LogP contribution in [-0.2, 0) is 4.74 Å². The summed E-state index contributed by atoms with van der Waals surface area (Å²) >= 11 is 5.37. The Morgan fingerprint density at radius 2 is 2.16 bits per heavy atom. The molecule has 0 unspecified atom stereocenters. The molecule has 0 aliphatic rings. The molecule has 0 bridgehead atoms. The van der Waals surface area contributed by atoms with Gasteiger partial charge in [-0.25, -0.2) is 4.79 Å². The Balaban J connectivity index is 3.43. The van der Waals surface area contributed by atoms with Gasteiger partial charge >= 0.3 is 11.7 Å². The van der Waals surface area contributed by atoms with E-state index in [-0.39, 0.29) is 29.6 Å². The summed E-state index contributed by atoms with van der Waals surface area (Å²) in [4.78, 5) is 22.0. The van der Waals surface area contributed by atoms with Gasteiger partial charge in [-0.2, -0.15) is 0 Å². The van der Waals surface area contributed by atoms with Gasteiger partial charge < -0.3 is 20.9 Å². The van der Waals surface area contributed by atoms with Crippen LogP contribution < -0.4 is 16.2 Å². The number of esters is 1. The number of rotatable bonds is 5. The number of anilines is 2. The molecule has 19 heavy (non-hydrogen) atoms. The van der Waals surface area contributed by atoms with Crippen LogP contribution in [0.15, 0.2) is 6.07 Å². The van der Waals surface area contributed by atoms with E-state index in [9.17, 15) is 14.9 Å². The maximum Gasteiger partial charge on any atom is 0.347 e. The molecule has 0 saturated heterocycles. The molecule has 0 atom stereocenters. The van der Waals surface area contributed by atoms with E-state index in [0.717, 1.165) is 0 Å². The van der Waals surface area contributed by atoms with Gasteiger partial charge in [0.05, 0.1) is 23.6 Å². The molecule has 0 fully saturated rings. The molecule has 0 aromatic heterocycles. The third kappa shape index (κ3) is 2.97. The minimum Gasteiger partial charge on any atom is -0.494 e. The van der Waals surface area contributed by atoms with Crippen LogP contribution in [-0.4, -0.2) is 30.5 Å². The van der Waals surface area contributed by atoms with Gasteiger partial charge in [-0.15, -0.1) is 11.6 Å². The number of carbonyl (C=O) groups excluding carboxylic acids is 1. The predicted octanol–water partition coefficient (Wildman–Crippen LogP) is 1.16. The van der Waals surface area contributed by atoms with Crippen molar-refractivity contribution in [1.82, 2.24) is 0 Å². The number of methoxy groups -OCH3 is 1. The first-order valence-electron chi connectivity index (χ1n) is 5.07. The highest BCUT2D eigenvalue weighted by Gasteiger charge is 2.30. The number of nitro benzene ring substituents is 1. The zero-order valence-corrected chi connectivity index (χ0v) is 10.8. The summed E-state index contributed by atoms with van der Waals surface area (Å²) in [6.07, 6.45) is 0. The second-order valence-corrected chi connectivity index (χ2v) is 3.77. The summed E-state index contributed by atoms with van der Waals surface area (Å²) in [6, 6.07) is 1.17. The molecule has 0 aliphatic heterocycles. The number of alkyl halides is 1. The normalized spacial score (nSPS) is 10.0. The lowest BCUT2D eigenvalue weighted by molar-refractivity contribution is -0.384. The summed E-state index contributed by atoms with van der Waals surface area (Å²) in [5, 5.41) is 11.0. The Morgan fingerprint density at radius 3 is 2.63 bits per heavy atom. The maximum absolute atomic E-state index is 11.8. The topological polar surface area (TPSA) is 131 Å². The van der Waals surface area contributed by atoms with E-state index < -0.39 is 22.1 Å². The Morgan fingerprint density at radius 1 is 1.53 bits per heavy atom. The van der Waals surface area contributed by atoms with Crippen LogP contribution in [0.25, 0.3) is 0 Å². The molecule has 9 heteroatoms. The Kier molecular flexibility index (Phi) is 4.76. The fourth-order valence-corrected chi connectivity index (χ4v) is 1.54. The van der Waals surface area contributed by atoms with Crippen LogP contribution in [0.3, 0.4) is 0 Å². The number of nitrogens with two attached hydrogens (primary N) is 2. The van der Waals surface area contributed by atoms with Crippen molar-refractivity contribution in [2.75, 3.05) is 31.1 Å². The lowest BCUT2D eigenvalue weighted by atomic mass is 10.1. The highest BCUT2D eigenvalue weighted by atomic mass is 35.5. The standard InChI is InChI=1S/C10H12ClN3O5/c1-18-6-4-5(12)9(14(16)17)7(8(6)13)10(15)19-3-2-11/h4H,2-3,12-13H2,1H3. The number of carbonyl (C=O) groups is 1. The van der Waals surface area contributed by atoms with Gasteiger partial charge in [0.15, 0.2) is 5.56 Å². The average molecular weight is 290 g/mol. The highest BCUT2D eigenvalue weighted by molar-refractivity contribution is 6.18. The van der Waals surface area contributed by atoms with Crippen LogP contribution >= 0.6 is 11.6 Å². The second kappa shape index (κ2) is 6.10. The summed E-state index contributed by atoms with van der Waals surface area (Å²) < 4.78 is 9.63. The van der Waals surface area contributed by atoms with Gasteiger partial charge in [-0.1, -0.05) is 0 Å². The van der Waals surface area contributed by atoms with Gasteiger partial charge in [0.1, 0.15) is 18.0 Å². The van der Waals surface area contributed by atoms with Gasteiger partial charge in [0.2, 0.25) is 0 Å². The van der Waals surface area contributed by atoms with Crippen LogP contribution in [0, 0.1) is 10.1 Å². The maximum atomic E-state index is 11.8. The van der Waals surface area contributed by atoms with Crippen LogP contribution in [0.2, 0.25) is 0 Å². The summed E-state index contributed by atoms with van der Waals surface area (Å²) in [5.41, 5.74) is 9.68. The van der Waals surface area contributed by atoms with Crippen molar-refractivity contribution < 1.29 is 19.2 Å². The molecule has 0 aliphatic carbocycles. The third-order valence-corrected chi connectivity index (χ3v) is 2.40. The van der Waals surface area contributed by atoms with E-state index in [2.05, 4.69) is 0 Å². The first-order chi connectivity index (χ1) is 8.93. The van der Waals surface area contributed by atoms with Crippen LogP contribution in [0.1, 0.15) is 10.4 Å². The third-order valence-electron chi connectivity index (χ3n) is 2.25. The van der Waals surface area contributed by atoms with E-state index in [4.69, 9.17) is 32.5 Å². The minimum absolute atomic E-state index is 0.0545. The molecule has 0 radical (unpaired) electrons. The largest absolute Gasteiger partial charge is 0.494 e. The average Bonchev–Trinajstić information content (AvgIpc) is 2.37. The van der Waals surface area contributed by atoms with Gasteiger partial charge in [-0.3, -0.25) is 10.1 Å². The van der Waals surface area contributed by atoms with Crippen molar-refractivity contribution in [3.63, 3.8) is 0 Å². The summed E-state index contributed by atoms with van der Waals surface area (Å²) in [7, 11) is 1.30. The summed E-state index contributed by atoms with van der Waals surface area (Å²) in [5.74, 6) is -0.866. The molecule has 0 spiro atoms. The number of nitro groups is 1. The number of benzene rings is 1. The molecule has 1 aromatic carbocycles. The first-order valence-corrected chi connectivity index (χ1v) is 5.60. The minimum atomic E-state index is -0.976. The number of hydrogen-bond acceptors (Lipinski definition) is 7. The molecule has 0 heterocycles. The van der Waals surface area contributed by atoms with Crippen molar-refractivity contribution in [2.45, 2.75) is 0 Å². The van der Waals surface area contributed by atoms with Gasteiger partial charge in [0, 0.05) is 6.07 Å². The fourth-order valence-electron chi connectivity index (χ4n) is 1.46. The molecule has 0 saturated carbocycles. The quantitative estimate of drug-likeness (QED) is 0.273. The Labute approximate surface area is 113 Å². The van der Waals surface area contributed by atoms with E-state index >= 15 is 0 Å². The molecular formula is C10H12ClN3O5. The van der Waals surface area contributed by atoms with Gasteiger partial charge in [-0.05, 0) is 0 Å². The monoisotopic (exact) mass is 289 g/mol. The number of ether oxygens (including phenoxy) is 2. The van der Waals surface area contributed by atoms with Crippen molar-refractivity contribution in [3.8, 4) is 5.75 Å². The second-order valence-electron chi connectivity index (χ2n) is 3.39. The molecule has 0 amide bonds. The van der Waals surface area contributed by atoms with E-state index in [1.54, 1.807) is 0 Å². The van der Waals surface area contributed by atoms with Crippen LogP contribution in [0.5, 0.6) is 5.75 Å². The lowest BCUT2D eigenvalue weighted by Gasteiger charge is -2.11. The number of nitrogens with zero attached hydrogens (tertiary/aromatic N) is 1. The predicted molar refractivity (Wildman–Crippen MR) is 69.5 cm³/mol. The first kappa shape index (κ1) is 14.8. The van der Waals surface area contributed by atoms with E-state index in [1.165, 1.54) is 13.2 Å². The van der Waals surface area contributed by atoms with Crippen molar-refractivity contribution >= 4 is 34.6 Å². The number of hydrogen-bond donors (Lipinski definition) is 2. The SMILES string of the molecule is COc1cc(N)c([N+](=O)[O-])c(C(=O)OCCCl)c1N. The molecular weight excluding hydrogens is 278 g/mol. The highest BCUT2D eigenvalue weighted by Crippen LogP contribution is 2.38. The zero-order chi connectivity index (χ0) is 14.6. The van der Waals surface area contributed by atoms with Crippen LogP contribution in [0.4, 0.5) is 17.1 Å². The van der Waals surface area contributed by atoms with Crippen molar-refractivity contribution in [1.29, 1.82) is 0 Å². The van der Waals surface area contributed by atoms with E-state index in [0.29, 0.717) is 0 Å². The molecule has 1 rings (SSSR count). The number of nitrogen functional groups attached to an aromatic ring is 2. The van der Waals surface area contributed by atoms with Crippen molar-refractivity contribution in [3.05, 3.63) is 21.7 Å². The molecule has 1 aromatic rings. The lowest BCUT2D eigenvalue weighted by Crippen LogP contribution is -2.14. The van der Waals surface area contributed by atoms with Gasteiger partial charge in [0.25, 0.3) is 0 Å². The van der Waals surface area contributed by atoms with E-state index in [1.807, 2.05) is 0 Å².